The number of aliphatic hydroxyl groups is 2. The monoisotopic (exact) mass is 573 g/mol. The number of nitrogens with one attached hydrogen (secondary N) is 2. The Hall–Kier alpha value is -2.08. The molecule has 0 spiro atoms. The van der Waals surface area contributed by atoms with E-state index in [-0.39, 0.29) is 5.17 Å². The predicted molar refractivity (Wildman–Crippen MR) is 151 cm³/mol. The molecule has 1 saturated heterocycles. The number of amides is 2. The lowest BCUT2D eigenvalue weighted by Crippen LogP contribution is -2.58. The Morgan fingerprint density at radius 3 is 2.38 bits per heavy atom. The lowest BCUT2D eigenvalue weighted by atomic mass is 10.1. The number of halogens is 2. The summed E-state index contributed by atoms with van der Waals surface area (Å²) in [7, 11) is 0. The summed E-state index contributed by atoms with van der Waals surface area (Å²) in [6.07, 6.45) is 18.9. The molecular formula is C28H45F2N3O5S. The van der Waals surface area contributed by atoms with Gasteiger partial charge in [0.1, 0.15) is 12.3 Å². The van der Waals surface area contributed by atoms with Crippen molar-refractivity contribution < 1.29 is 33.3 Å². The largest absolute Gasteiger partial charge is 0.471 e. The fourth-order valence-corrected chi connectivity index (χ4v) is 4.52. The smallest absolute Gasteiger partial charge is 0.325 e. The van der Waals surface area contributed by atoms with Crippen LogP contribution in [0.2, 0.25) is 0 Å². The minimum atomic E-state index is -3.74. The summed E-state index contributed by atoms with van der Waals surface area (Å²) in [5, 5.41) is 24.1. The van der Waals surface area contributed by atoms with E-state index < -0.39 is 43.2 Å². The Morgan fingerprint density at radius 2 is 1.77 bits per heavy atom. The highest BCUT2D eigenvalue weighted by molar-refractivity contribution is 7.80. The van der Waals surface area contributed by atoms with Crippen molar-refractivity contribution in [2.24, 2.45) is 0 Å². The zero-order valence-electron chi connectivity index (χ0n) is 22.9. The van der Waals surface area contributed by atoms with Gasteiger partial charge in [-0.05, 0) is 56.8 Å². The quantitative estimate of drug-likeness (QED) is 0.101. The molecule has 39 heavy (non-hydrogen) atoms. The van der Waals surface area contributed by atoms with Gasteiger partial charge in [-0.1, -0.05) is 69.8 Å². The fraction of sp³-hybridized carbons (Fsp3) is 0.714. The third-order valence-corrected chi connectivity index (χ3v) is 6.85. The number of nitrogens with zero attached hydrogens (tertiary/aromatic N) is 1. The molecule has 0 aliphatic carbocycles. The summed E-state index contributed by atoms with van der Waals surface area (Å²) in [5.74, 6) is -3.74. The number of urea groups is 1. The lowest BCUT2D eigenvalue weighted by molar-refractivity contribution is -0.145. The van der Waals surface area contributed by atoms with Gasteiger partial charge in [0, 0.05) is 6.20 Å². The van der Waals surface area contributed by atoms with Gasteiger partial charge in [-0.3, -0.25) is 4.90 Å². The minimum Gasteiger partial charge on any atom is -0.471 e. The van der Waals surface area contributed by atoms with E-state index in [1.54, 1.807) is 0 Å². The second-order valence-corrected chi connectivity index (χ2v) is 10.2. The number of thiocarbonyl (C=S) groups is 1. The third kappa shape index (κ3) is 11.5. The van der Waals surface area contributed by atoms with Crippen LogP contribution < -0.4 is 10.6 Å². The molecule has 2 rings (SSSR count). The summed E-state index contributed by atoms with van der Waals surface area (Å²) < 4.78 is 39.1. The highest BCUT2D eigenvalue weighted by atomic mass is 32.1. The minimum absolute atomic E-state index is 0.0965. The molecule has 1 fully saturated rings. The summed E-state index contributed by atoms with van der Waals surface area (Å²) in [5.41, 5.74) is 0. The number of ether oxygens (including phenoxy) is 2. The zero-order chi connectivity index (χ0) is 28.5. The number of rotatable bonds is 18. The summed E-state index contributed by atoms with van der Waals surface area (Å²) in [4.78, 5) is 13.0. The van der Waals surface area contributed by atoms with Crippen LogP contribution in [-0.2, 0) is 9.47 Å². The maximum absolute atomic E-state index is 14.3. The summed E-state index contributed by atoms with van der Waals surface area (Å²) in [6, 6.07) is -0.863. The van der Waals surface area contributed by atoms with E-state index in [1.807, 2.05) is 0 Å². The van der Waals surface area contributed by atoms with E-state index in [9.17, 15) is 18.7 Å². The van der Waals surface area contributed by atoms with Crippen molar-refractivity contribution in [2.45, 2.75) is 114 Å². The van der Waals surface area contributed by atoms with Crippen LogP contribution >= 0.6 is 12.2 Å². The highest BCUT2D eigenvalue weighted by Crippen LogP contribution is 2.38. The standard InChI is InChI=1S/C28H45F2N3O5S/c1-2-3-4-5-6-7-8-9-10-11-12-13-14-15-16-17-20-37-27(39)32-23-18-19-33(26(36)31-23)25-28(29,30)24(35)22(21-34)38-25/h6-7,9-10,18-19,22-25,34-35H,2-5,8,11-17,20-21H2,1H3,(H,31,36)(H,32,39)/b7-6-,10-9-/t22-,23?,24-,25-/m1/s1. The van der Waals surface area contributed by atoms with Crippen molar-refractivity contribution in [1.29, 1.82) is 0 Å². The van der Waals surface area contributed by atoms with Crippen LogP contribution in [0.1, 0.15) is 84.0 Å². The summed E-state index contributed by atoms with van der Waals surface area (Å²) in [6.45, 7) is 1.87. The lowest BCUT2D eigenvalue weighted by Gasteiger charge is -2.33. The maximum Gasteiger partial charge on any atom is 0.325 e. The van der Waals surface area contributed by atoms with Crippen molar-refractivity contribution >= 4 is 23.4 Å². The Balaban J connectivity index is 1.50. The number of alkyl halides is 2. The number of allylic oxidation sites excluding steroid dienone is 4. The molecule has 1 unspecified atom stereocenters. The van der Waals surface area contributed by atoms with Gasteiger partial charge in [-0.25, -0.2) is 4.79 Å². The number of hydrogen-bond donors (Lipinski definition) is 4. The van der Waals surface area contributed by atoms with Crippen LogP contribution in [0.25, 0.3) is 0 Å². The van der Waals surface area contributed by atoms with Crippen LogP contribution in [0.3, 0.4) is 0 Å². The van der Waals surface area contributed by atoms with Crippen molar-refractivity contribution in [2.75, 3.05) is 13.2 Å². The zero-order valence-corrected chi connectivity index (χ0v) is 23.7. The second-order valence-electron chi connectivity index (χ2n) is 9.87. The number of unbranched alkanes of at least 4 members (excludes halogenated alkanes) is 9. The Kier molecular flexibility index (Phi) is 15.5. The van der Waals surface area contributed by atoms with Gasteiger partial charge in [-0.15, -0.1) is 0 Å². The number of carbonyl (C=O) groups is 1. The van der Waals surface area contributed by atoms with Gasteiger partial charge < -0.3 is 30.3 Å². The average molecular weight is 574 g/mol. The molecule has 11 heteroatoms. The van der Waals surface area contributed by atoms with Crippen LogP contribution in [-0.4, -0.2) is 70.1 Å². The predicted octanol–water partition coefficient (Wildman–Crippen LogP) is 5.27. The van der Waals surface area contributed by atoms with E-state index >= 15 is 0 Å². The van der Waals surface area contributed by atoms with Crippen molar-refractivity contribution in [3.63, 3.8) is 0 Å². The van der Waals surface area contributed by atoms with Gasteiger partial charge in [0.15, 0.2) is 6.10 Å². The van der Waals surface area contributed by atoms with E-state index in [1.165, 1.54) is 51.0 Å². The topological polar surface area (TPSA) is 103 Å². The van der Waals surface area contributed by atoms with Crippen LogP contribution in [0.5, 0.6) is 0 Å². The van der Waals surface area contributed by atoms with Crippen LogP contribution in [0.4, 0.5) is 13.6 Å². The number of hydrogen-bond acceptors (Lipinski definition) is 6. The number of aliphatic hydroxyl groups excluding tert-OH is 2. The molecule has 4 N–H and O–H groups in total. The first-order valence-corrected chi connectivity index (χ1v) is 14.5. The van der Waals surface area contributed by atoms with Gasteiger partial charge in [0.2, 0.25) is 6.23 Å². The van der Waals surface area contributed by atoms with Crippen molar-refractivity contribution in [3.05, 3.63) is 36.6 Å². The Labute approximate surface area is 236 Å². The summed E-state index contributed by atoms with van der Waals surface area (Å²) >= 11 is 5.16. The fourth-order valence-electron chi connectivity index (χ4n) is 4.31. The Bertz CT molecular complexity index is 827. The second kappa shape index (κ2) is 18.3. The van der Waals surface area contributed by atoms with E-state index in [4.69, 9.17) is 26.8 Å². The molecule has 2 aliphatic rings. The molecule has 2 aliphatic heterocycles. The van der Waals surface area contributed by atoms with E-state index in [0.717, 1.165) is 38.3 Å². The highest BCUT2D eigenvalue weighted by Gasteiger charge is 2.61. The third-order valence-electron chi connectivity index (χ3n) is 6.62. The van der Waals surface area contributed by atoms with Crippen LogP contribution in [0, 0.1) is 0 Å². The molecule has 222 valence electrons. The number of carbonyl (C=O) groups excluding carboxylic acids is 1. The molecule has 8 nitrogen and oxygen atoms in total. The average Bonchev–Trinajstić information content (AvgIpc) is 3.14. The van der Waals surface area contributed by atoms with E-state index in [2.05, 4.69) is 41.9 Å². The maximum atomic E-state index is 14.3. The van der Waals surface area contributed by atoms with Crippen LogP contribution in [0.15, 0.2) is 36.6 Å². The van der Waals surface area contributed by atoms with Gasteiger partial charge in [0.05, 0.1) is 13.2 Å². The van der Waals surface area contributed by atoms with Gasteiger partial charge >= 0.3 is 12.0 Å². The molecule has 2 amide bonds. The van der Waals surface area contributed by atoms with Crippen molar-refractivity contribution in [1.82, 2.24) is 15.5 Å². The molecule has 0 aromatic heterocycles. The van der Waals surface area contributed by atoms with E-state index in [0.29, 0.717) is 11.5 Å². The molecule has 4 atom stereocenters. The first kappa shape index (κ1) is 33.1. The van der Waals surface area contributed by atoms with Gasteiger partial charge in [-0.2, -0.15) is 8.78 Å². The molecule has 0 aromatic rings. The molecule has 0 radical (unpaired) electrons. The van der Waals surface area contributed by atoms with Crippen molar-refractivity contribution in [3.8, 4) is 0 Å². The molecule has 2 heterocycles. The first-order chi connectivity index (χ1) is 18.8. The molecular weight excluding hydrogens is 528 g/mol. The molecule has 0 saturated carbocycles. The normalized spacial score (nSPS) is 24.5. The Morgan fingerprint density at radius 1 is 1.13 bits per heavy atom. The SMILES string of the molecule is CCCCC/C=C\C/C=C\CCCCCCCCOC(=S)NC1C=CN([C@@H]2O[C@H](CO)[C@@H](O)C2(F)F)C(=O)N1. The molecule has 0 bridgehead atoms. The first-order valence-electron chi connectivity index (χ1n) is 14.1. The molecule has 0 aromatic carbocycles. The van der Waals surface area contributed by atoms with Gasteiger partial charge in [0.25, 0.3) is 5.17 Å².